The first kappa shape index (κ1) is 8.06. The Balaban J connectivity index is 2.89. The lowest BCUT2D eigenvalue weighted by molar-refractivity contribution is 0.600. The number of imidazole rings is 1. The van der Waals surface area contributed by atoms with Crippen LogP contribution in [0.25, 0.3) is 0 Å². The summed E-state index contributed by atoms with van der Waals surface area (Å²) in [6.45, 7) is 0. The van der Waals surface area contributed by atoms with Gasteiger partial charge in [0, 0.05) is 6.26 Å². The smallest absolute Gasteiger partial charge is 0.153 e. The second-order valence-electron chi connectivity index (χ2n) is 2.34. The van der Waals surface area contributed by atoms with E-state index in [9.17, 15) is 8.42 Å². The maximum absolute atomic E-state index is 10.7. The van der Waals surface area contributed by atoms with Gasteiger partial charge in [0.05, 0.1) is 17.8 Å². The molecular weight excluding hydrogens is 166 g/mol. The van der Waals surface area contributed by atoms with E-state index in [0.717, 1.165) is 6.26 Å². The molecule has 0 aliphatic heterocycles. The molecule has 0 saturated heterocycles. The van der Waals surface area contributed by atoms with Crippen molar-refractivity contribution in [2.45, 2.75) is 5.75 Å². The Morgan fingerprint density at radius 1 is 1.73 bits per heavy atom. The number of nitrogen functional groups attached to an aromatic ring is 1. The van der Waals surface area contributed by atoms with Crippen molar-refractivity contribution >= 4 is 15.7 Å². The van der Waals surface area contributed by atoms with E-state index in [2.05, 4.69) is 9.97 Å². The number of nitrogens with zero attached hydrogens (tertiary/aromatic N) is 1. The standard InChI is InChI=1S/C5H9N3O2S/c1-11(9,10)2-4-5(6)8-3-7-4/h3H,2,6H2,1H3,(H,7,8). The molecule has 0 radical (unpaired) electrons. The minimum Gasteiger partial charge on any atom is -0.382 e. The fourth-order valence-corrected chi connectivity index (χ4v) is 1.46. The Morgan fingerprint density at radius 3 is 2.73 bits per heavy atom. The molecule has 0 aliphatic carbocycles. The van der Waals surface area contributed by atoms with E-state index in [4.69, 9.17) is 5.73 Å². The molecule has 62 valence electrons. The molecule has 0 aliphatic rings. The van der Waals surface area contributed by atoms with Gasteiger partial charge in [-0.25, -0.2) is 13.4 Å². The zero-order valence-electron chi connectivity index (χ0n) is 6.03. The van der Waals surface area contributed by atoms with Gasteiger partial charge in [-0.1, -0.05) is 0 Å². The molecule has 5 nitrogen and oxygen atoms in total. The van der Waals surface area contributed by atoms with E-state index in [1.165, 1.54) is 6.33 Å². The molecule has 0 bridgehead atoms. The third kappa shape index (κ3) is 2.23. The number of sulfone groups is 1. The largest absolute Gasteiger partial charge is 0.382 e. The highest BCUT2D eigenvalue weighted by Gasteiger charge is 2.08. The predicted molar refractivity (Wildman–Crippen MR) is 41.5 cm³/mol. The number of anilines is 1. The third-order valence-electron chi connectivity index (χ3n) is 1.16. The molecule has 11 heavy (non-hydrogen) atoms. The number of rotatable bonds is 2. The Bertz CT molecular complexity index is 340. The highest BCUT2D eigenvalue weighted by atomic mass is 32.2. The van der Waals surface area contributed by atoms with Crippen molar-refractivity contribution in [1.82, 2.24) is 9.97 Å². The zero-order valence-corrected chi connectivity index (χ0v) is 6.85. The molecule has 0 aromatic carbocycles. The summed E-state index contributed by atoms with van der Waals surface area (Å²) in [5.41, 5.74) is 5.79. The van der Waals surface area contributed by atoms with Crippen molar-refractivity contribution in [1.29, 1.82) is 0 Å². The SMILES string of the molecule is CS(=O)(=O)Cc1[nH]cnc1N. The van der Waals surface area contributed by atoms with Crippen LogP contribution in [-0.2, 0) is 15.6 Å². The second-order valence-corrected chi connectivity index (χ2v) is 4.48. The van der Waals surface area contributed by atoms with Crippen molar-refractivity contribution < 1.29 is 8.42 Å². The van der Waals surface area contributed by atoms with Crippen LogP contribution in [0.15, 0.2) is 6.33 Å². The van der Waals surface area contributed by atoms with Crippen LogP contribution in [0.4, 0.5) is 5.82 Å². The van der Waals surface area contributed by atoms with Gasteiger partial charge in [-0.05, 0) is 0 Å². The average Bonchev–Trinajstić information content (AvgIpc) is 2.12. The van der Waals surface area contributed by atoms with Gasteiger partial charge in [-0.3, -0.25) is 0 Å². The summed E-state index contributed by atoms with van der Waals surface area (Å²) >= 11 is 0. The Kier molecular flexibility index (Phi) is 1.86. The number of nitrogens with two attached hydrogens (primary N) is 1. The van der Waals surface area contributed by atoms with Gasteiger partial charge in [0.25, 0.3) is 0 Å². The highest BCUT2D eigenvalue weighted by molar-refractivity contribution is 7.89. The number of aromatic amines is 1. The van der Waals surface area contributed by atoms with Crippen LogP contribution in [0, 0.1) is 0 Å². The molecular formula is C5H9N3O2S. The molecule has 0 saturated carbocycles. The van der Waals surface area contributed by atoms with Crippen molar-refractivity contribution in [2.75, 3.05) is 12.0 Å². The molecule has 1 aromatic heterocycles. The molecule has 0 fully saturated rings. The summed E-state index contributed by atoms with van der Waals surface area (Å²) in [5, 5.41) is 0. The van der Waals surface area contributed by atoms with Crippen LogP contribution in [-0.4, -0.2) is 24.6 Å². The van der Waals surface area contributed by atoms with Crippen LogP contribution in [0.2, 0.25) is 0 Å². The second kappa shape index (κ2) is 2.54. The lowest BCUT2D eigenvalue weighted by Gasteiger charge is -1.94. The molecule has 0 spiro atoms. The molecule has 1 heterocycles. The molecule has 6 heteroatoms. The molecule has 3 N–H and O–H groups in total. The average molecular weight is 175 g/mol. The third-order valence-corrected chi connectivity index (χ3v) is 1.97. The van der Waals surface area contributed by atoms with Gasteiger partial charge in [0.15, 0.2) is 9.84 Å². The van der Waals surface area contributed by atoms with Crippen LogP contribution in [0.1, 0.15) is 5.69 Å². The summed E-state index contributed by atoms with van der Waals surface area (Å²) in [6, 6.07) is 0. The first-order valence-corrected chi connectivity index (χ1v) is 5.00. The molecule has 0 amide bonds. The monoisotopic (exact) mass is 175 g/mol. The predicted octanol–water partition coefficient (Wildman–Crippen LogP) is -0.463. The molecule has 0 unspecified atom stereocenters. The number of hydrogen-bond acceptors (Lipinski definition) is 4. The van der Waals surface area contributed by atoms with Crippen molar-refractivity contribution in [2.24, 2.45) is 0 Å². The number of hydrogen-bond donors (Lipinski definition) is 2. The van der Waals surface area contributed by atoms with Crippen molar-refractivity contribution in [3.05, 3.63) is 12.0 Å². The van der Waals surface area contributed by atoms with Gasteiger partial charge in [-0.15, -0.1) is 0 Å². The highest BCUT2D eigenvalue weighted by Crippen LogP contribution is 2.07. The Hall–Kier alpha value is -1.04. The zero-order chi connectivity index (χ0) is 8.48. The van der Waals surface area contributed by atoms with Crippen LogP contribution in [0.3, 0.4) is 0 Å². The Labute approximate surface area is 64.6 Å². The minimum absolute atomic E-state index is 0.0845. The van der Waals surface area contributed by atoms with E-state index in [-0.39, 0.29) is 11.6 Å². The molecule has 1 aromatic rings. The summed E-state index contributed by atoms with van der Waals surface area (Å²) < 4.78 is 21.5. The summed E-state index contributed by atoms with van der Waals surface area (Å²) in [4.78, 5) is 6.31. The minimum atomic E-state index is -3.02. The topological polar surface area (TPSA) is 88.8 Å². The first-order valence-electron chi connectivity index (χ1n) is 2.94. The fraction of sp³-hybridized carbons (Fsp3) is 0.400. The normalized spacial score (nSPS) is 11.7. The summed E-state index contributed by atoms with van der Waals surface area (Å²) in [7, 11) is -3.02. The first-order chi connectivity index (χ1) is 4.99. The maximum Gasteiger partial charge on any atom is 0.153 e. The van der Waals surface area contributed by atoms with Gasteiger partial charge in [0.2, 0.25) is 0 Å². The summed E-state index contributed by atoms with van der Waals surface area (Å²) in [6.07, 6.45) is 2.52. The van der Waals surface area contributed by atoms with Crippen LogP contribution >= 0.6 is 0 Å². The van der Waals surface area contributed by atoms with E-state index in [0.29, 0.717) is 5.69 Å². The number of nitrogens with one attached hydrogen (secondary N) is 1. The van der Waals surface area contributed by atoms with Gasteiger partial charge < -0.3 is 10.7 Å². The van der Waals surface area contributed by atoms with E-state index in [1.54, 1.807) is 0 Å². The van der Waals surface area contributed by atoms with Crippen molar-refractivity contribution in [3.63, 3.8) is 0 Å². The molecule has 1 rings (SSSR count). The maximum atomic E-state index is 10.7. The van der Waals surface area contributed by atoms with Crippen LogP contribution < -0.4 is 5.73 Å². The van der Waals surface area contributed by atoms with E-state index < -0.39 is 9.84 Å². The number of aromatic nitrogens is 2. The number of H-pyrrole nitrogens is 1. The van der Waals surface area contributed by atoms with Crippen LogP contribution in [0.5, 0.6) is 0 Å². The molecule has 0 atom stereocenters. The lowest BCUT2D eigenvalue weighted by Crippen LogP contribution is -2.03. The summed E-state index contributed by atoms with van der Waals surface area (Å²) in [5.74, 6) is 0.161. The fourth-order valence-electron chi connectivity index (χ4n) is 0.709. The van der Waals surface area contributed by atoms with E-state index >= 15 is 0 Å². The Morgan fingerprint density at radius 2 is 2.36 bits per heavy atom. The van der Waals surface area contributed by atoms with E-state index in [1.807, 2.05) is 0 Å². The van der Waals surface area contributed by atoms with Gasteiger partial charge in [-0.2, -0.15) is 0 Å². The van der Waals surface area contributed by atoms with Gasteiger partial charge >= 0.3 is 0 Å². The quantitative estimate of drug-likeness (QED) is 0.636. The van der Waals surface area contributed by atoms with Gasteiger partial charge in [0.1, 0.15) is 5.82 Å². The van der Waals surface area contributed by atoms with Crippen molar-refractivity contribution in [3.8, 4) is 0 Å². The lowest BCUT2D eigenvalue weighted by atomic mass is 10.5.